The van der Waals surface area contributed by atoms with E-state index in [1.165, 1.54) is 86.3 Å². The summed E-state index contributed by atoms with van der Waals surface area (Å²) in [4.78, 5) is 5.39. The van der Waals surface area contributed by atoms with Crippen molar-refractivity contribution < 1.29 is 13.6 Å². The molecule has 0 bridgehead atoms. The number of benzene rings is 3. The van der Waals surface area contributed by atoms with E-state index in [0.717, 1.165) is 58.8 Å². The van der Waals surface area contributed by atoms with Crippen LogP contribution < -0.4 is 9.13 Å². The van der Waals surface area contributed by atoms with Gasteiger partial charge in [0, 0.05) is 58.0 Å². The maximum absolute atomic E-state index is 7.15. The molecule has 304 valence electrons. The molecule has 0 saturated heterocycles. The zero-order chi connectivity index (χ0) is 41.6. The fraction of sp³-hybridized carbons (Fsp3) is 0.375. The summed E-state index contributed by atoms with van der Waals surface area (Å²) in [6.45, 7) is 23.6. The third-order valence-electron chi connectivity index (χ3n) is 14.5. The summed E-state index contributed by atoms with van der Waals surface area (Å²) in [6.07, 6.45) is 11.5. The molecule has 4 unspecified atom stereocenters. The smallest absolute Gasteiger partial charge is 0.227 e. The molecule has 2 aliphatic heterocycles. The molecule has 4 aromatic heterocycles. The summed E-state index contributed by atoms with van der Waals surface area (Å²) in [5.74, 6) is 3.01. The molecule has 4 heteroatoms. The maximum atomic E-state index is 7.15. The number of aromatic nitrogens is 3. The minimum Gasteiger partial charge on any atom is -0.437 e. The summed E-state index contributed by atoms with van der Waals surface area (Å²) in [5.41, 5.74) is 19.6. The van der Waals surface area contributed by atoms with Crippen LogP contribution in [0.1, 0.15) is 142 Å². The van der Waals surface area contributed by atoms with Crippen LogP contribution in [0.2, 0.25) is 0 Å². The monoisotopic (exact) mass is 791 g/mol. The first-order valence-electron chi connectivity index (χ1n) is 22.8. The molecule has 0 spiro atoms. The van der Waals surface area contributed by atoms with Gasteiger partial charge >= 0.3 is 0 Å². The number of nitrogens with zero attached hydrogens (tertiary/aromatic N) is 3. The molecule has 0 radical (unpaired) electrons. The van der Waals surface area contributed by atoms with E-state index in [0.29, 0.717) is 23.5 Å². The van der Waals surface area contributed by atoms with E-state index >= 15 is 0 Å². The minimum atomic E-state index is 0.276. The lowest BCUT2D eigenvalue weighted by Gasteiger charge is -2.33. The molecule has 1 saturated carbocycles. The Balaban J connectivity index is 1.20. The van der Waals surface area contributed by atoms with Crippen molar-refractivity contribution >= 4 is 27.8 Å². The molecule has 6 heterocycles. The lowest BCUT2D eigenvalue weighted by Crippen LogP contribution is -2.49. The molecule has 3 aromatic carbocycles. The van der Waals surface area contributed by atoms with Gasteiger partial charge in [-0.1, -0.05) is 90.1 Å². The average Bonchev–Trinajstić information content (AvgIpc) is 3.60. The van der Waals surface area contributed by atoms with E-state index in [1.54, 1.807) is 0 Å². The molecule has 4 nitrogen and oxygen atoms in total. The Hall–Kier alpha value is -5.35. The number of hydrogen-bond donors (Lipinski definition) is 0. The predicted octanol–water partition coefficient (Wildman–Crippen LogP) is 14.1. The first kappa shape index (κ1) is 38.8. The van der Waals surface area contributed by atoms with E-state index in [4.69, 9.17) is 16.0 Å². The number of hydrogen-bond acceptors (Lipinski definition) is 2. The SMILES string of the molecule is C=C1CC2c3ccccc3-c3ccc(C)c[n+]3C2CCc2ccc3c(oc4nc(-c5c(C(C)C)cccc5C(C)C)ccc43)c2-c2cc(C)c(C3CC(C)CC(C)C3)c[n+]21. The van der Waals surface area contributed by atoms with Crippen molar-refractivity contribution in [3.05, 3.63) is 143 Å². The van der Waals surface area contributed by atoms with Crippen LogP contribution in [-0.2, 0) is 6.42 Å². The maximum Gasteiger partial charge on any atom is 0.227 e. The molecule has 60 heavy (non-hydrogen) atoms. The van der Waals surface area contributed by atoms with Crippen molar-refractivity contribution in [2.75, 3.05) is 0 Å². The van der Waals surface area contributed by atoms with Crippen LogP contribution >= 0.6 is 0 Å². The van der Waals surface area contributed by atoms with Crippen LogP contribution in [0.5, 0.6) is 0 Å². The summed E-state index contributed by atoms with van der Waals surface area (Å²) in [6, 6.07) is 32.4. The zero-order valence-corrected chi connectivity index (χ0v) is 37.0. The highest BCUT2D eigenvalue weighted by Gasteiger charge is 2.43. The quantitative estimate of drug-likeness (QED) is 0.166. The highest BCUT2D eigenvalue weighted by molar-refractivity contribution is 6.09. The van der Waals surface area contributed by atoms with E-state index in [-0.39, 0.29) is 12.0 Å². The van der Waals surface area contributed by atoms with Crippen molar-refractivity contribution in [2.24, 2.45) is 11.8 Å². The molecule has 7 aromatic rings. The van der Waals surface area contributed by atoms with Crippen molar-refractivity contribution in [2.45, 2.75) is 124 Å². The number of pyridine rings is 3. The Kier molecular flexibility index (Phi) is 9.69. The second-order valence-electron chi connectivity index (χ2n) is 19.6. The lowest BCUT2D eigenvalue weighted by atomic mass is 9.73. The van der Waals surface area contributed by atoms with Gasteiger partial charge in [-0.25, -0.2) is 4.98 Å². The summed E-state index contributed by atoms with van der Waals surface area (Å²) in [7, 11) is 0. The molecule has 10 rings (SSSR count). The molecule has 0 N–H and O–H groups in total. The second kappa shape index (κ2) is 15.0. The van der Waals surface area contributed by atoms with Gasteiger partial charge in [-0.15, -0.1) is 0 Å². The van der Waals surface area contributed by atoms with Gasteiger partial charge in [0.15, 0.2) is 29.7 Å². The molecule has 1 fully saturated rings. The first-order valence-corrected chi connectivity index (χ1v) is 22.8. The summed E-state index contributed by atoms with van der Waals surface area (Å²) >= 11 is 0. The Morgan fingerprint density at radius 2 is 1.47 bits per heavy atom. The van der Waals surface area contributed by atoms with Gasteiger partial charge in [0.1, 0.15) is 0 Å². The van der Waals surface area contributed by atoms with Crippen molar-refractivity contribution in [1.82, 2.24) is 4.98 Å². The first-order chi connectivity index (χ1) is 28.9. The van der Waals surface area contributed by atoms with Gasteiger partial charge in [-0.2, -0.15) is 9.13 Å². The Labute approximate surface area is 357 Å². The number of aryl methyl sites for hydroxylation is 3. The number of fused-ring (bicyclic) bond motifs is 13. The van der Waals surface area contributed by atoms with Gasteiger partial charge in [-0.3, -0.25) is 0 Å². The van der Waals surface area contributed by atoms with Crippen molar-refractivity contribution in [3.63, 3.8) is 0 Å². The molecular weight excluding hydrogens is 731 g/mol. The van der Waals surface area contributed by atoms with Crippen LogP contribution in [0.4, 0.5) is 0 Å². The second-order valence-corrected chi connectivity index (χ2v) is 19.6. The average molecular weight is 792 g/mol. The Morgan fingerprint density at radius 3 is 2.22 bits per heavy atom. The molecule has 4 atom stereocenters. The van der Waals surface area contributed by atoms with Gasteiger partial charge < -0.3 is 4.42 Å². The largest absolute Gasteiger partial charge is 0.437 e. The van der Waals surface area contributed by atoms with Gasteiger partial charge in [0.2, 0.25) is 17.1 Å². The highest BCUT2D eigenvalue weighted by Crippen LogP contribution is 2.47. The van der Waals surface area contributed by atoms with Gasteiger partial charge in [0.25, 0.3) is 0 Å². The van der Waals surface area contributed by atoms with Crippen LogP contribution in [0, 0.1) is 25.7 Å². The molecule has 3 aliphatic rings. The van der Waals surface area contributed by atoms with Gasteiger partial charge in [0.05, 0.1) is 17.2 Å². The normalized spacial score (nSPS) is 21.4. The van der Waals surface area contributed by atoms with E-state index in [9.17, 15) is 0 Å². The van der Waals surface area contributed by atoms with E-state index in [1.807, 2.05) is 0 Å². The predicted molar refractivity (Wildman–Crippen MR) is 247 cm³/mol. The van der Waals surface area contributed by atoms with Crippen LogP contribution in [0.3, 0.4) is 0 Å². The van der Waals surface area contributed by atoms with E-state index in [2.05, 4.69) is 162 Å². The molecular formula is C56H61N3O+2. The summed E-state index contributed by atoms with van der Waals surface area (Å²) in [5, 5.41) is 2.18. The zero-order valence-electron chi connectivity index (χ0n) is 37.0. The fourth-order valence-electron chi connectivity index (χ4n) is 11.8. The number of rotatable bonds is 4. The van der Waals surface area contributed by atoms with Crippen LogP contribution in [0.25, 0.3) is 61.5 Å². The highest BCUT2D eigenvalue weighted by atomic mass is 16.3. The third-order valence-corrected chi connectivity index (χ3v) is 14.5. The Bertz CT molecular complexity index is 2800. The van der Waals surface area contributed by atoms with Crippen LogP contribution in [-0.4, -0.2) is 4.98 Å². The summed E-state index contributed by atoms with van der Waals surface area (Å²) < 4.78 is 12.2. The number of furan rings is 1. The Morgan fingerprint density at radius 1 is 0.733 bits per heavy atom. The van der Waals surface area contributed by atoms with Gasteiger partial charge in [-0.05, 0) is 128 Å². The fourth-order valence-corrected chi connectivity index (χ4v) is 11.8. The molecule has 0 amide bonds. The third kappa shape index (κ3) is 6.44. The standard InChI is InChI=1S/C56H61N3O/c1-32(2)41-15-12-16-42(33(3)4)54(41)49-22-21-46-45-20-18-39-19-24-51-47(43-13-10-11-14-44(43)50-23-17-34(5)30-59(50)51)29-38(9)58-31-48(40-26-35(6)25-36(7)27-40)37(8)28-52(58)53(39)55(45)60-56(46)57-49/h10-18,20-23,28,30-33,35-36,40,47,51H,9,19,24-27,29H2,1-8H3/q+2. The van der Waals surface area contributed by atoms with Crippen LogP contribution in [0.15, 0.2) is 108 Å². The molecule has 1 aliphatic carbocycles. The van der Waals surface area contributed by atoms with E-state index < -0.39 is 0 Å². The topological polar surface area (TPSA) is 33.8 Å². The number of allylic oxidation sites excluding steroid dienone is 1. The minimum absolute atomic E-state index is 0.276. The van der Waals surface area contributed by atoms with Crippen molar-refractivity contribution in [3.8, 4) is 33.8 Å². The lowest BCUT2D eigenvalue weighted by molar-refractivity contribution is -0.719. The van der Waals surface area contributed by atoms with Crippen molar-refractivity contribution in [1.29, 1.82) is 0 Å².